The van der Waals surface area contributed by atoms with Gasteiger partial charge < -0.3 is 4.79 Å². The van der Waals surface area contributed by atoms with Crippen LogP contribution in [-0.4, -0.2) is 26.2 Å². The number of hydrogen-bond acceptors (Lipinski definition) is 3. The third-order valence-corrected chi connectivity index (χ3v) is 4.88. The molecule has 12 heavy (non-hydrogen) atoms. The molecule has 1 aliphatic heterocycles. The highest BCUT2D eigenvalue weighted by Crippen LogP contribution is 2.53. The highest BCUT2D eigenvalue weighted by molar-refractivity contribution is 7.91. The van der Waals surface area contributed by atoms with E-state index < -0.39 is 9.84 Å². The molecule has 0 amide bonds. The largest absolute Gasteiger partial charge is 0.303 e. The second-order valence-corrected chi connectivity index (χ2v) is 6.18. The number of carbonyl (C=O) groups is 1. The molecule has 0 aromatic heterocycles. The zero-order valence-corrected chi connectivity index (χ0v) is 7.64. The molecular weight excluding hydrogens is 176 g/mol. The van der Waals surface area contributed by atoms with Crippen molar-refractivity contribution in [3.05, 3.63) is 0 Å². The fraction of sp³-hybridized carbons (Fsp3) is 0.875. The Kier molecular flexibility index (Phi) is 1.59. The summed E-state index contributed by atoms with van der Waals surface area (Å²) in [4.78, 5) is 10.7. The molecule has 0 radical (unpaired) electrons. The van der Waals surface area contributed by atoms with Crippen molar-refractivity contribution < 1.29 is 13.2 Å². The summed E-state index contributed by atoms with van der Waals surface area (Å²) in [6, 6.07) is 0. The summed E-state index contributed by atoms with van der Waals surface area (Å²) in [5.74, 6) is 0.652. The van der Waals surface area contributed by atoms with Gasteiger partial charge in [0.25, 0.3) is 0 Å². The molecule has 1 heterocycles. The molecule has 4 heteroatoms. The first-order valence-electron chi connectivity index (χ1n) is 4.25. The summed E-state index contributed by atoms with van der Waals surface area (Å²) in [6.07, 6.45) is 3.47. The molecule has 1 atom stereocenters. The van der Waals surface area contributed by atoms with Crippen LogP contribution in [0.2, 0.25) is 0 Å². The smallest absolute Gasteiger partial charge is 0.150 e. The van der Waals surface area contributed by atoms with Crippen LogP contribution in [0.25, 0.3) is 0 Å². The van der Waals surface area contributed by atoms with Crippen LogP contribution in [0, 0.1) is 11.3 Å². The molecule has 68 valence electrons. The maximum Gasteiger partial charge on any atom is 0.150 e. The summed E-state index contributed by atoms with van der Waals surface area (Å²) in [6.45, 7) is 0. The molecule has 0 aromatic rings. The van der Waals surface area contributed by atoms with Gasteiger partial charge in [0.1, 0.15) is 6.29 Å². The fourth-order valence-corrected chi connectivity index (χ4v) is 3.94. The van der Waals surface area contributed by atoms with Crippen molar-refractivity contribution >= 4 is 16.1 Å². The Bertz CT molecular complexity index is 300. The minimum absolute atomic E-state index is 0.125. The molecule has 2 rings (SSSR count). The number of sulfone groups is 1. The lowest BCUT2D eigenvalue weighted by Crippen LogP contribution is -2.18. The standard InChI is InChI=1S/C8H12O3S/c9-6-8(2-3-8)7-1-4-12(10,11)5-7/h6-7H,1-5H2. The molecule has 0 aromatic carbocycles. The van der Waals surface area contributed by atoms with Crippen molar-refractivity contribution in [2.45, 2.75) is 19.3 Å². The Hall–Kier alpha value is -0.380. The molecule has 1 saturated carbocycles. The van der Waals surface area contributed by atoms with E-state index >= 15 is 0 Å². The van der Waals surface area contributed by atoms with E-state index in [0.29, 0.717) is 6.42 Å². The molecule has 2 fully saturated rings. The number of carbonyl (C=O) groups excluding carboxylic acids is 1. The monoisotopic (exact) mass is 188 g/mol. The molecule has 3 nitrogen and oxygen atoms in total. The van der Waals surface area contributed by atoms with Gasteiger partial charge >= 0.3 is 0 Å². The van der Waals surface area contributed by atoms with Crippen molar-refractivity contribution in [1.82, 2.24) is 0 Å². The molecule has 2 aliphatic rings. The average molecular weight is 188 g/mol. The zero-order valence-electron chi connectivity index (χ0n) is 6.82. The van der Waals surface area contributed by atoms with E-state index in [0.717, 1.165) is 19.1 Å². The second-order valence-electron chi connectivity index (χ2n) is 3.95. The van der Waals surface area contributed by atoms with E-state index in [4.69, 9.17) is 0 Å². The SMILES string of the molecule is O=CC1(C2CCS(=O)(=O)C2)CC1. The van der Waals surface area contributed by atoms with Crippen molar-refractivity contribution in [3.63, 3.8) is 0 Å². The van der Waals surface area contributed by atoms with Gasteiger partial charge in [0.05, 0.1) is 11.5 Å². The number of hydrogen-bond donors (Lipinski definition) is 0. The van der Waals surface area contributed by atoms with Gasteiger partial charge in [-0.25, -0.2) is 8.42 Å². The van der Waals surface area contributed by atoms with Crippen molar-refractivity contribution in [1.29, 1.82) is 0 Å². The minimum Gasteiger partial charge on any atom is -0.303 e. The number of rotatable bonds is 2. The third-order valence-electron chi connectivity index (χ3n) is 3.11. The maximum atomic E-state index is 11.1. The van der Waals surface area contributed by atoms with Gasteiger partial charge in [-0.2, -0.15) is 0 Å². The maximum absolute atomic E-state index is 11.1. The molecule has 0 N–H and O–H groups in total. The predicted molar refractivity (Wildman–Crippen MR) is 44.5 cm³/mol. The van der Waals surface area contributed by atoms with Crippen LogP contribution in [0.5, 0.6) is 0 Å². The summed E-state index contributed by atoms with van der Waals surface area (Å²) in [7, 11) is -2.81. The van der Waals surface area contributed by atoms with Crippen LogP contribution in [0.3, 0.4) is 0 Å². The van der Waals surface area contributed by atoms with Crippen molar-refractivity contribution in [3.8, 4) is 0 Å². The molecule has 1 aliphatic carbocycles. The highest BCUT2D eigenvalue weighted by Gasteiger charge is 2.52. The number of aldehydes is 1. The lowest BCUT2D eigenvalue weighted by molar-refractivity contribution is -0.113. The van der Waals surface area contributed by atoms with Gasteiger partial charge in [0.15, 0.2) is 9.84 Å². The minimum atomic E-state index is -2.81. The fourth-order valence-electron chi connectivity index (χ4n) is 2.02. The van der Waals surface area contributed by atoms with Gasteiger partial charge in [-0.1, -0.05) is 0 Å². The van der Waals surface area contributed by atoms with Crippen LogP contribution in [0.4, 0.5) is 0 Å². The Morgan fingerprint density at radius 3 is 2.33 bits per heavy atom. The molecule has 0 bridgehead atoms. The average Bonchev–Trinajstić information content (AvgIpc) is 2.72. The summed E-state index contributed by atoms with van der Waals surface area (Å²) >= 11 is 0. The van der Waals surface area contributed by atoms with Gasteiger partial charge in [-0.3, -0.25) is 0 Å². The van der Waals surface area contributed by atoms with Gasteiger partial charge in [0, 0.05) is 5.41 Å². The normalized spacial score (nSPS) is 36.2. The lowest BCUT2D eigenvalue weighted by Gasteiger charge is -2.13. The Morgan fingerprint density at radius 2 is 2.00 bits per heavy atom. The van der Waals surface area contributed by atoms with Gasteiger partial charge in [-0.05, 0) is 25.2 Å². The Labute approximate surface area is 72.1 Å². The van der Waals surface area contributed by atoms with Crippen molar-refractivity contribution in [2.75, 3.05) is 11.5 Å². The molecular formula is C8H12O3S. The Morgan fingerprint density at radius 1 is 1.33 bits per heavy atom. The highest BCUT2D eigenvalue weighted by atomic mass is 32.2. The van der Waals surface area contributed by atoms with E-state index in [1.165, 1.54) is 0 Å². The van der Waals surface area contributed by atoms with Crippen LogP contribution >= 0.6 is 0 Å². The van der Waals surface area contributed by atoms with E-state index in [1.54, 1.807) is 0 Å². The van der Waals surface area contributed by atoms with Crippen LogP contribution in [0.15, 0.2) is 0 Å². The topological polar surface area (TPSA) is 51.2 Å². The van der Waals surface area contributed by atoms with Crippen LogP contribution in [-0.2, 0) is 14.6 Å². The first-order valence-corrected chi connectivity index (χ1v) is 6.07. The van der Waals surface area contributed by atoms with Gasteiger partial charge in [0.2, 0.25) is 0 Å². The zero-order chi connectivity index (χ0) is 8.82. The Balaban J connectivity index is 2.14. The summed E-state index contributed by atoms with van der Waals surface area (Å²) < 4.78 is 22.2. The first kappa shape index (κ1) is 8.23. The van der Waals surface area contributed by atoms with Crippen LogP contribution in [0.1, 0.15) is 19.3 Å². The quantitative estimate of drug-likeness (QED) is 0.589. The van der Waals surface area contributed by atoms with E-state index in [-0.39, 0.29) is 22.8 Å². The molecule has 0 spiro atoms. The van der Waals surface area contributed by atoms with E-state index in [9.17, 15) is 13.2 Å². The van der Waals surface area contributed by atoms with Crippen molar-refractivity contribution in [2.24, 2.45) is 11.3 Å². The third kappa shape index (κ3) is 1.18. The summed E-state index contributed by atoms with van der Waals surface area (Å²) in [5.41, 5.74) is -0.233. The van der Waals surface area contributed by atoms with Crippen LogP contribution < -0.4 is 0 Å². The van der Waals surface area contributed by atoms with Gasteiger partial charge in [-0.15, -0.1) is 0 Å². The van der Waals surface area contributed by atoms with E-state index in [1.807, 2.05) is 0 Å². The summed E-state index contributed by atoms with van der Waals surface area (Å²) in [5, 5.41) is 0. The second kappa shape index (κ2) is 2.31. The first-order chi connectivity index (χ1) is 5.58. The lowest BCUT2D eigenvalue weighted by atomic mass is 9.90. The molecule has 1 unspecified atom stereocenters. The molecule has 1 saturated heterocycles. The predicted octanol–water partition coefficient (Wildman–Crippen LogP) is 0.400. The van der Waals surface area contributed by atoms with E-state index in [2.05, 4.69) is 0 Å².